The summed E-state index contributed by atoms with van der Waals surface area (Å²) in [6.45, 7) is 1.57. The normalized spacial score (nSPS) is 14.1. The lowest BCUT2D eigenvalue weighted by Crippen LogP contribution is -2.16. The Morgan fingerprint density at radius 1 is 1.25 bits per heavy atom. The second-order valence-electron chi connectivity index (χ2n) is 4.06. The van der Waals surface area contributed by atoms with Gasteiger partial charge in [0.25, 0.3) is 0 Å². The monoisotopic (exact) mass is 467 g/mol. The summed E-state index contributed by atoms with van der Waals surface area (Å²) in [6.07, 6.45) is 0.703. The fraction of sp³-hybridized carbons (Fsp3) is 0.308. The van der Waals surface area contributed by atoms with Crippen LogP contribution < -0.4 is 0 Å². The van der Waals surface area contributed by atoms with E-state index in [9.17, 15) is 14.4 Å². The molecule has 1 saturated heterocycles. The molecular weight excluding hydrogens is 458 g/mol. The van der Waals surface area contributed by atoms with Crippen LogP contribution in [-0.4, -0.2) is 21.5 Å². The van der Waals surface area contributed by atoms with Crippen LogP contribution in [0.4, 0.5) is 0 Å². The molecule has 1 fully saturated rings. The van der Waals surface area contributed by atoms with Crippen molar-refractivity contribution in [2.75, 3.05) is 0 Å². The van der Waals surface area contributed by atoms with Crippen molar-refractivity contribution in [2.45, 2.75) is 25.1 Å². The number of imide groups is 1. The smallest absolute Gasteiger partial charge is 0.239 e. The molecule has 0 saturated carbocycles. The number of alkyl halides is 1. The number of amides is 2. The number of hydrogen-bond acceptors (Lipinski definition) is 3. The molecule has 20 heavy (non-hydrogen) atoms. The highest BCUT2D eigenvalue weighted by atomic mass is 79.9. The molecular formula is C13H12Br3NO3. The third kappa shape index (κ3) is 4.79. The molecule has 108 valence electrons. The van der Waals surface area contributed by atoms with Gasteiger partial charge in [-0.15, -0.1) is 0 Å². The maximum Gasteiger partial charge on any atom is 0.239 e. The Bertz CT molecular complexity index is 530. The number of Topliss-reactive ketones (excluding diaryl/α,β-unsaturated/α-hetero) is 1. The average Bonchev–Trinajstić information content (AvgIpc) is 2.71. The van der Waals surface area contributed by atoms with E-state index in [0.717, 1.165) is 24.9 Å². The number of halogens is 3. The topological polar surface area (TPSA) is 54.5 Å². The standard InChI is InChI=1S/C9H8Br2O.C4H4BrNO2/c1-6(12)7-2-3-9(11)8(4-7)5-10;5-6-3(7)1-2-4(6)8/h2-4H,5H2,1H3;1-2H2. The van der Waals surface area contributed by atoms with Gasteiger partial charge < -0.3 is 0 Å². The van der Waals surface area contributed by atoms with Crippen molar-refractivity contribution in [1.82, 2.24) is 3.93 Å². The number of nitrogens with zero attached hydrogens (tertiary/aromatic N) is 1. The zero-order chi connectivity index (χ0) is 15.3. The van der Waals surface area contributed by atoms with Crippen LogP contribution in [0.3, 0.4) is 0 Å². The highest BCUT2D eigenvalue weighted by Gasteiger charge is 2.26. The highest BCUT2D eigenvalue weighted by molar-refractivity contribution is 9.10. The Balaban J connectivity index is 0.000000217. The van der Waals surface area contributed by atoms with Gasteiger partial charge in [0, 0.05) is 28.2 Å². The van der Waals surface area contributed by atoms with Gasteiger partial charge in [-0.2, -0.15) is 0 Å². The Labute approximate surface area is 142 Å². The summed E-state index contributed by atoms with van der Waals surface area (Å²) in [5.74, 6) is -0.185. The van der Waals surface area contributed by atoms with Crippen molar-refractivity contribution < 1.29 is 14.4 Å². The second-order valence-corrected chi connectivity index (χ2v) is 6.19. The molecule has 0 N–H and O–H groups in total. The van der Waals surface area contributed by atoms with E-state index in [0.29, 0.717) is 12.8 Å². The molecule has 0 aliphatic carbocycles. The maximum absolute atomic E-state index is 11.0. The van der Waals surface area contributed by atoms with Gasteiger partial charge in [-0.3, -0.25) is 14.4 Å². The number of carbonyl (C=O) groups is 3. The van der Waals surface area contributed by atoms with Gasteiger partial charge >= 0.3 is 0 Å². The van der Waals surface area contributed by atoms with Gasteiger partial charge in [0.1, 0.15) is 0 Å². The molecule has 0 aromatic heterocycles. The highest BCUT2D eigenvalue weighted by Crippen LogP contribution is 2.20. The van der Waals surface area contributed by atoms with Crippen molar-refractivity contribution in [3.05, 3.63) is 33.8 Å². The molecule has 4 nitrogen and oxygen atoms in total. The quantitative estimate of drug-likeness (QED) is 0.285. The lowest BCUT2D eigenvalue weighted by atomic mass is 10.1. The molecule has 0 bridgehead atoms. The Morgan fingerprint density at radius 3 is 2.15 bits per heavy atom. The molecule has 0 radical (unpaired) electrons. The zero-order valence-corrected chi connectivity index (χ0v) is 15.4. The SMILES string of the molecule is CC(=O)c1ccc(Br)c(CBr)c1.O=C1CCC(=O)N1Br. The molecule has 2 rings (SSSR count). The predicted octanol–water partition coefficient (Wildman–Crippen LogP) is 3.99. The van der Waals surface area contributed by atoms with E-state index in [1.54, 1.807) is 6.92 Å². The Kier molecular flexibility index (Phi) is 7.05. The lowest BCUT2D eigenvalue weighted by Gasteiger charge is -2.01. The molecule has 1 aromatic carbocycles. The molecule has 1 aliphatic rings. The van der Waals surface area contributed by atoms with Crippen LogP contribution in [0.15, 0.2) is 22.7 Å². The molecule has 1 heterocycles. The summed E-state index contributed by atoms with van der Waals surface area (Å²) in [5, 5.41) is 0.759. The van der Waals surface area contributed by atoms with E-state index in [4.69, 9.17) is 0 Å². The minimum absolute atomic E-state index is 0.102. The molecule has 7 heteroatoms. The Hall–Kier alpha value is -0.530. The van der Waals surface area contributed by atoms with Crippen molar-refractivity contribution in [1.29, 1.82) is 0 Å². The number of ketones is 1. The minimum atomic E-state index is -0.144. The Morgan fingerprint density at radius 2 is 1.80 bits per heavy atom. The molecule has 1 aromatic rings. The summed E-state index contributed by atoms with van der Waals surface area (Å²) in [6, 6.07) is 5.60. The number of benzene rings is 1. The number of carbonyl (C=O) groups excluding carboxylic acids is 3. The van der Waals surface area contributed by atoms with Crippen molar-refractivity contribution in [3.63, 3.8) is 0 Å². The van der Waals surface area contributed by atoms with Gasteiger partial charge in [-0.25, -0.2) is 3.93 Å². The molecule has 2 amide bonds. The summed E-state index contributed by atoms with van der Waals surface area (Å²) < 4.78 is 2.01. The predicted molar refractivity (Wildman–Crippen MR) is 86.8 cm³/mol. The third-order valence-corrected chi connectivity index (χ3v) is 4.76. The van der Waals surface area contributed by atoms with E-state index in [-0.39, 0.29) is 17.6 Å². The molecule has 0 unspecified atom stereocenters. The van der Waals surface area contributed by atoms with Crippen molar-refractivity contribution in [2.24, 2.45) is 0 Å². The van der Waals surface area contributed by atoms with Gasteiger partial charge in [0.2, 0.25) is 11.8 Å². The van der Waals surface area contributed by atoms with Crippen LogP contribution in [0.5, 0.6) is 0 Å². The van der Waals surface area contributed by atoms with E-state index < -0.39 is 0 Å². The van der Waals surface area contributed by atoms with Crippen molar-refractivity contribution >= 4 is 65.6 Å². The van der Waals surface area contributed by atoms with E-state index in [2.05, 4.69) is 48.0 Å². The zero-order valence-electron chi connectivity index (χ0n) is 10.7. The van der Waals surface area contributed by atoms with E-state index >= 15 is 0 Å². The maximum atomic E-state index is 11.0. The van der Waals surface area contributed by atoms with Crippen molar-refractivity contribution in [3.8, 4) is 0 Å². The fourth-order valence-corrected chi connectivity index (χ4v) is 3.03. The first-order valence-corrected chi connectivity index (χ1v) is 8.36. The second kappa shape index (κ2) is 8.05. The molecule has 0 atom stereocenters. The van der Waals surface area contributed by atoms with Crippen LogP contribution in [0.25, 0.3) is 0 Å². The molecule has 0 spiro atoms. The first kappa shape index (κ1) is 17.5. The third-order valence-electron chi connectivity index (χ3n) is 2.59. The average molecular weight is 470 g/mol. The molecule has 1 aliphatic heterocycles. The van der Waals surface area contributed by atoms with Crippen LogP contribution in [0, 0.1) is 0 Å². The van der Waals surface area contributed by atoms with Crippen LogP contribution in [0.1, 0.15) is 35.7 Å². The van der Waals surface area contributed by atoms with Crippen LogP contribution in [0.2, 0.25) is 0 Å². The summed E-state index contributed by atoms with van der Waals surface area (Å²) >= 11 is 9.55. The fourth-order valence-electron chi connectivity index (χ4n) is 1.45. The first-order chi connectivity index (χ1) is 9.36. The first-order valence-electron chi connectivity index (χ1n) is 5.73. The summed E-state index contributed by atoms with van der Waals surface area (Å²) in [5.41, 5.74) is 1.86. The summed E-state index contributed by atoms with van der Waals surface area (Å²) in [7, 11) is 0. The van der Waals surface area contributed by atoms with Crippen LogP contribution in [-0.2, 0) is 14.9 Å². The van der Waals surface area contributed by atoms with Gasteiger partial charge in [-0.1, -0.05) is 37.9 Å². The van der Waals surface area contributed by atoms with E-state index in [1.807, 2.05) is 18.2 Å². The lowest BCUT2D eigenvalue weighted by molar-refractivity contribution is -0.131. The van der Waals surface area contributed by atoms with Gasteiger partial charge in [0.05, 0.1) is 16.1 Å². The van der Waals surface area contributed by atoms with Gasteiger partial charge in [-0.05, 0) is 24.6 Å². The van der Waals surface area contributed by atoms with Crippen LogP contribution >= 0.6 is 48.0 Å². The minimum Gasteiger partial charge on any atom is -0.295 e. The number of hydrogen-bond donors (Lipinski definition) is 0. The number of rotatable bonds is 2. The van der Waals surface area contributed by atoms with E-state index in [1.165, 1.54) is 0 Å². The summed E-state index contributed by atoms with van der Waals surface area (Å²) in [4.78, 5) is 31.9. The van der Waals surface area contributed by atoms with Gasteiger partial charge in [0.15, 0.2) is 5.78 Å². The largest absolute Gasteiger partial charge is 0.295 e.